The fourth-order valence-electron chi connectivity index (χ4n) is 4.10. The highest BCUT2D eigenvalue weighted by atomic mass is 28.4. The monoisotopic (exact) mass is 644 g/mol. The average molecular weight is 645 g/mol. The summed E-state index contributed by atoms with van der Waals surface area (Å²) in [5.74, 6) is 3.97. The van der Waals surface area contributed by atoms with Crippen LogP contribution < -0.4 is 0 Å². The van der Waals surface area contributed by atoms with Gasteiger partial charge in [-0.15, -0.1) is 0 Å². The normalized spacial score (nSPS) is 24.4. The van der Waals surface area contributed by atoms with Gasteiger partial charge in [0.05, 0.1) is 31.5 Å². The highest BCUT2D eigenvalue weighted by Gasteiger charge is 2.50. The first-order valence-corrected chi connectivity index (χ1v) is 24.3. The standard InChI is InChI=1S/C32H64O7Si3/c1-23(24(33)18-19-28(34)35-11)29-27(39-42(16,17)32(8,9)10)22-26(38-41(14,15)31(5,6)7)25(37-29)20-21-36-40(12,13)30(2,3)4/h23-27,29,33H,20-22H2,1-17H3/t23-,24-,25-,26-,27+,29+/m1/s1. The Hall–Kier alpha value is -0.519. The summed E-state index contributed by atoms with van der Waals surface area (Å²) < 4.78 is 32.3. The first kappa shape index (κ1) is 39.5. The fraction of sp³-hybridized carbons (Fsp3) is 0.906. The van der Waals surface area contributed by atoms with E-state index in [1.54, 1.807) is 0 Å². The molecule has 1 heterocycles. The van der Waals surface area contributed by atoms with Gasteiger partial charge in [-0.1, -0.05) is 75.2 Å². The van der Waals surface area contributed by atoms with Crippen molar-refractivity contribution in [2.45, 2.75) is 167 Å². The van der Waals surface area contributed by atoms with Crippen molar-refractivity contribution in [1.29, 1.82) is 0 Å². The van der Waals surface area contributed by atoms with Crippen LogP contribution in [0.4, 0.5) is 0 Å². The summed E-state index contributed by atoms with van der Waals surface area (Å²) in [6, 6.07) is 0. The highest BCUT2D eigenvalue weighted by molar-refractivity contribution is 6.75. The van der Waals surface area contributed by atoms with Crippen LogP contribution in [0.15, 0.2) is 0 Å². The van der Waals surface area contributed by atoms with Crippen molar-refractivity contribution in [2.24, 2.45) is 5.92 Å². The number of hydrogen-bond acceptors (Lipinski definition) is 7. The molecule has 0 bridgehead atoms. The third-order valence-corrected chi connectivity index (χ3v) is 23.8. The number of methoxy groups -OCH3 is 1. The van der Waals surface area contributed by atoms with Gasteiger partial charge in [0.15, 0.2) is 25.0 Å². The number of carbonyl (C=O) groups excluding carboxylic acids is 1. The molecule has 10 heteroatoms. The van der Waals surface area contributed by atoms with Crippen LogP contribution in [-0.4, -0.2) is 80.3 Å². The summed E-state index contributed by atoms with van der Waals surface area (Å²) >= 11 is 0. The third kappa shape index (κ3) is 10.5. The van der Waals surface area contributed by atoms with Gasteiger partial charge in [0, 0.05) is 24.9 Å². The van der Waals surface area contributed by atoms with Gasteiger partial charge in [-0.3, -0.25) is 0 Å². The van der Waals surface area contributed by atoms with Gasteiger partial charge >= 0.3 is 5.97 Å². The number of aliphatic hydroxyl groups is 1. The molecular weight excluding hydrogens is 581 g/mol. The van der Waals surface area contributed by atoms with Crippen molar-refractivity contribution in [3.63, 3.8) is 0 Å². The molecule has 0 aromatic heterocycles. The maximum atomic E-state index is 11.7. The maximum Gasteiger partial charge on any atom is 0.384 e. The SMILES string of the molecule is COC(=O)C#C[C@@H](O)[C@@H](C)[C@@H]1O[C@H](CCO[Si](C)(C)C(C)(C)C)[C@H](O[Si](C)(C)C(C)(C)C)C[C@@H]1O[Si](C)(C)C(C)(C)C. The zero-order valence-electron chi connectivity index (χ0n) is 30.0. The minimum atomic E-state index is -2.21. The van der Waals surface area contributed by atoms with E-state index in [1.165, 1.54) is 7.11 Å². The second-order valence-electron chi connectivity index (χ2n) is 16.7. The minimum Gasteiger partial charge on any atom is -0.459 e. The molecule has 0 spiro atoms. The van der Waals surface area contributed by atoms with Crippen LogP contribution in [0.5, 0.6) is 0 Å². The number of aliphatic hydroxyl groups excluding tert-OH is 1. The number of hydrogen-bond donors (Lipinski definition) is 1. The molecule has 0 aromatic carbocycles. The molecule has 0 aromatic rings. The van der Waals surface area contributed by atoms with Crippen LogP contribution in [0.2, 0.25) is 54.4 Å². The average Bonchev–Trinajstić information content (AvgIpc) is 2.80. The molecule has 0 amide bonds. The molecule has 42 heavy (non-hydrogen) atoms. The number of carbonyl (C=O) groups is 1. The maximum absolute atomic E-state index is 11.7. The Balaban J connectivity index is 3.51. The van der Waals surface area contributed by atoms with Gasteiger partial charge < -0.3 is 27.9 Å². The molecule has 246 valence electrons. The van der Waals surface area contributed by atoms with Crippen molar-refractivity contribution in [2.75, 3.05) is 13.7 Å². The van der Waals surface area contributed by atoms with E-state index in [0.717, 1.165) is 0 Å². The molecule has 1 aliphatic rings. The van der Waals surface area contributed by atoms with E-state index in [2.05, 4.69) is 118 Å². The van der Waals surface area contributed by atoms with Crippen molar-refractivity contribution in [1.82, 2.24) is 0 Å². The smallest absolute Gasteiger partial charge is 0.384 e. The van der Waals surface area contributed by atoms with Crippen LogP contribution in [-0.2, 0) is 27.5 Å². The van der Waals surface area contributed by atoms with E-state index in [1.807, 2.05) is 6.92 Å². The lowest BCUT2D eigenvalue weighted by Crippen LogP contribution is -2.59. The lowest BCUT2D eigenvalue weighted by molar-refractivity contribution is -0.186. The first-order valence-electron chi connectivity index (χ1n) is 15.6. The molecule has 1 N–H and O–H groups in total. The van der Waals surface area contributed by atoms with Gasteiger partial charge in [-0.2, -0.15) is 0 Å². The predicted octanol–water partition coefficient (Wildman–Crippen LogP) is 7.51. The number of rotatable bonds is 10. The van der Waals surface area contributed by atoms with Crippen LogP contribution >= 0.6 is 0 Å². The van der Waals surface area contributed by atoms with Crippen molar-refractivity contribution >= 4 is 30.9 Å². The Kier molecular flexibility index (Phi) is 13.4. The zero-order valence-corrected chi connectivity index (χ0v) is 33.0. The summed E-state index contributed by atoms with van der Waals surface area (Å²) in [5, 5.41) is 11.2. The van der Waals surface area contributed by atoms with Gasteiger partial charge in [0.2, 0.25) is 0 Å². The molecule has 1 aliphatic heterocycles. The van der Waals surface area contributed by atoms with Gasteiger partial charge in [0.1, 0.15) is 6.10 Å². The Bertz CT molecular complexity index is 948. The molecule has 0 radical (unpaired) electrons. The largest absolute Gasteiger partial charge is 0.459 e. The Labute approximate surface area is 261 Å². The zero-order chi connectivity index (χ0) is 33.1. The fourth-order valence-corrected chi connectivity index (χ4v) is 7.86. The van der Waals surface area contributed by atoms with E-state index >= 15 is 0 Å². The van der Waals surface area contributed by atoms with Crippen molar-refractivity contribution < 1.29 is 32.7 Å². The highest BCUT2D eigenvalue weighted by Crippen LogP contribution is 2.44. The van der Waals surface area contributed by atoms with Crippen molar-refractivity contribution in [3.05, 3.63) is 0 Å². The summed E-state index contributed by atoms with van der Waals surface area (Å²) in [4.78, 5) is 11.7. The molecule has 0 unspecified atom stereocenters. The summed E-state index contributed by atoms with van der Waals surface area (Å²) in [7, 11) is -5.02. The summed E-state index contributed by atoms with van der Waals surface area (Å²) in [6.45, 7) is 36.2. The van der Waals surface area contributed by atoms with Gasteiger partial charge in [-0.05, 0) is 60.8 Å². The van der Waals surface area contributed by atoms with Gasteiger partial charge in [0.25, 0.3) is 0 Å². The molecule has 1 fully saturated rings. The summed E-state index contributed by atoms with van der Waals surface area (Å²) in [6.07, 6.45) is -0.841. The third-order valence-electron chi connectivity index (χ3n) is 10.3. The first-order chi connectivity index (χ1) is 18.7. The summed E-state index contributed by atoms with van der Waals surface area (Å²) in [5.41, 5.74) is 0. The van der Waals surface area contributed by atoms with Crippen LogP contribution in [0.25, 0.3) is 0 Å². The molecule has 0 aliphatic carbocycles. The Morgan fingerprint density at radius 3 is 1.74 bits per heavy atom. The predicted molar refractivity (Wildman–Crippen MR) is 180 cm³/mol. The quantitative estimate of drug-likeness (QED) is 0.114. The molecule has 7 nitrogen and oxygen atoms in total. The Morgan fingerprint density at radius 2 is 1.31 bits per heavy atom. The second-order valence-corrected chi connectivity index (χ2v) is 31.0. The lowest BCUT2D eigenvalue weighted by atomic mass is 9.87. The van der Waals surface area contributed by atoms with E-state index in [-0.39, 0.29) is 33.4 Å². The number of ether oxygens (including phenoxy) is 2. The minimum absolute atomic E-state index is 0.00622. The van der Waals surface area contributed by atoms with E-state index < -0.39 is 49.0 Å². The molecule has 6 atom stereocenters. The number of esters is 1. The van der Waals surface area contributed by atoms with E-state index in [0.29, 0.717) is 19.4 Å². The molecule has 1 saturated heterocycles. The molecule has 1 rings (SSSR count). The Morgan fingerprint density at radius 1 is 0.857 bits per heavy atom. The molecule has 0 saturated carbocycles. The second kappa shape index (κ2) is 14.3. The van der Waals surface area contributed by atoms with Crippen molar-refractivity contribution in [3.8, 4) is 11.8 Å². The van der Waals surface area contributed by atoms with E-state index in [4.69, 9.17) is 18.0 Å². The van der Waals surface area contributed by atoms with E-state index in [9.17, 15) is 9.90 Å². The molecular formula is C32H64O7Si3. The van der Waals surface area contributed by atoms with Crippen LogP contribution in [0, 0.1) is 17.8 Å². The van der Waals surface area contributed by atoms with Crippen LogP contribution in [0.3, 0.4) is 0 Å². The van der Waals surface area contributed by atoms with Crippen LogP contribution in [0.1, 0.15) is 82.1 Å². The van der Waals surface area contributed by atoms with Gasteiger partial charge in [-0.25, -0.2) is 4.79 Å². The topological polar surface area (TPSA) is 83.5 Å². The lowest BCUT2D eigenvalue weighted by Gasteiger charge is -2.50.